The number of hydrogen-bond donors (Lipinski definition) is 0. The second kappa shape index (κ2) is 2.57. The van der Waals surface area contributed by atoms with Crippen molar-refractivity contribution >= 4 is 11.6 Å². The fraction of sp³-hybridized carbons (Fsp3) is 0.500. The Kier molecular flexibility index (Phi) is 1.97. The average molecular weight is 143 g/mol. The second-order valence-electron chi connectivity index (χ2n) is 2.57. The molecule has 1 aliphatic rings. The molecule has 1 aliphatic carbocycles. The first-order chi connectivity index (χ1) is 4.20. The minimum Gasteiger partial charge on any atom is -0.118 e. The lowest BCUT2D eigenvalue weighted by Crippen LogP contribution is -2.08. The van der Waals surface area contributed by atoms with E-state index in [1.165, 1.54) is 5.57 Å². The number of halogens is 1. The van der Waals surface area contributed by atoms with Crippen molar-refractivity contribution in [2.75, 3.05) is 0 Å². The molecule has 1 rings (SSSR count). The van der Waals surface area contributed by atoms with Gasteiger partial charge in [0, 0.05) is 0 Å². The van der Waals surface area contributed by atoms with Crippen LogP contribution >= 0.6 is 11.6 Å². The molecule has 0 nitrogen and oxygen atoms in total. The highest BCUT2D eigenvalue weighted by atomic mass is 35.5. The van der Waals surface area contributed by atoms with Crippen LogP contribution in [0.25, 0.3) is 0 Å². The SMILES string of the molecule is CC1=C[C@@H](C)C(Cl)C=C1. The maximum absolute atomic E-state index is 5.90. The van der Waals surface area contributed by atoms with Crippen molar-refractivity contribution in [3.8, 4) is 0 Å². The lowest BCUT2D eigenvalue weighted by atomic mass is 9.99. The van der Waals surface area contributed by atoms with E-state index in [2.05, 4.69) is 26.0 Å². The number of alkyl halides is 1. The van der Waals surface area contributed by atoms with Crippen LogP contribution in [0.1, 0.15) is 13.8 Å². The Bertz CT molecular complexity index is 156. The summed E-state index contributed by atoms with van der Waals surface area (Å²) in [5, 5.41) is 0.202. The molecule has 1 heteroatoms. The Hall–Kier alpha value is -0.230. The molecular formula is C8H11Cl. The van der Waals surface area contributed by atoms with Crippen molar-refractivity contribution in [2.45, 2.75) is 19.2 Å². The quantitative estimate of drug-likeness (QED) is 0.457. The van der Waals surface area contributed by atoms with E-state index in [4.69, 9.17) is 11.6 Å². The second-order valence-corrected chi connectivity index (χ2v) is 3.08. The molecule has 9 heavy (non-hydrogen) atoms. The summed E-state index contributed by atoms with van der Waals surface area (Å²) in [7, 11) is 0. The third-order valence-corrected chi connectivity index (χ3v) is 2.11. The van der Waals surface area contributed by atoms with E-state index in [-0.39, 0.29) is 5.38 Å². The van der Waals surface area contributed by atoms with Gasteiger partial charge in [0.1, 0.15) is 0 Å². The van der Waals surface area contributed by atoms with Crippen LogP contribution in [-0.4, -0.2) is 5.38 Å². The Morgan fingerprint density at radius 1 is 1.56 bits per heavy atom. The maximum atomic E-state index is 5.90. The topological polar surface area (TPSA) is 0 Å². The van der Waals surface area contributed by atoms with E-state index in [9.17, 15) is 0 Å². The normalized spacial score (nSPS) is 34.3. The molecule has 0 N–H and O–H groups in total. The van der Waals surface area contributed by atoms with E-state index < -0.39 is 0 Å². The van der Waals surface area contributed by atoms with E-state index in [1.54, 1.807) is 0 Å². The van der Waals surface area contributed by atoms with Gasteiger partial charge in [0.05, 0.1) is 5.38 Å². The molecule has 0 heterocycles. The molecule has 0 aromatic rings. The van der Waals surface area contributed by atoms with Gasteiger partial charge < -0.3 is 0 Å². The summed E-state index contributed by atoms with van der Waals surface area (Å²) in [6, 6.07) is 0. The third kappa shape index (κ3) is 1.59. The largest absolute Gasteiger partial charge is 0.118 e. The first kappa shape index (κ1) is 6.88. The van der Waals surface area contributed by atoms with Crippen LogP contribution in [0, 0.1) is 5.92 Å². The molecule has 0 fully saturated rings. The Labute approximate surface area is 61.2 Å². The molecular weight excluding hydrogens is 132 g/mol. The van der Waals surface area contributed by atoms with E-state index in [0.717, 1.165) is 0 Å². The fourth-order valence-electron chi connectivity index (χ4n) is 0.981. The van der Waals surface area contributed by atoms with E-state index >= 15 is 0 Å². The maximum Gasteiger partial charge on any atom is 0.0579 e. The minimum absolute atomic E-state index is 0.202. The van der Waals surface area contributed by atoms with Crippen LogP contribution in [0.15, 0.2) is 23.8 Å². The summed E-state index contributed by atoms with van der Waals surface area (Å²) in [4.78, 5) is 0. The van der Waals surface area contributed by atoms with Gasteiger partial charge in [-0.2, -0.15) is 0 Å². The van der Waals surface area contributed by atoms with Crippen molar-refractivity contribution < 1.29 is 0 Å². The van der Waals surface area contributed by atoms with Gasteiger partial charge >= 0.3 is 0 Å². The standard InChI is InChI=1S/C8H11Cl/c1-6-3-4-8(9)7(2)5-6/h3-5,7-8H,1-2H3/t7-,8?/m1/s1. The summed E-state index contributed by atoms with van der Waals surface area (Å²) in [6.45, 7) is 4.22. The van der Waals surface area contributed by atoms with E-state index in [1.807, 2.05) is 6.08 Å². The van der Waals surface area contributed by atoms with Gasteiger partial charge in [0.2, 0.25) is 0 Å². The number of allylic oxidation sites excluding steroid dienone is 4. The molecule has 0 aromatic heterocycles. The van der Waals surface area contributed by atoms with Crippen LogP contribution in [0.3, 0.4) is 0 Å². The Morgan fingerprint density at radius 3 is 2.67 bits per heavy atom. The van der Waals surface area contributed by atoms with Gasteiger partial charge in [-0.1, -0.05) is 30.7 Å². The predicted molar refractivity (Wildman–Crippen MR) is 41.7 cm³/mol. The molecule has 0 radical (unpaired) electrons. The molecule has 0 amide bonds. The Morgan fingerprint density at radius 2 is 2.22 bits per heavy atom. The van der Waals surface area contributed by atoms with Crippen molar-refractivity contribution in [2.24, 2.45) is 5.92 Å². The molecule has 0 aromatic carbocycles. The summed E-state index contributed by atoms with van der Waals surface area (Å²) in [6.07, 6.45) is 6.30. The van der Waals surface area contributed by atoms with Gasteiger partial charge in [-0.3, -0.25) is 0 Å². The summed E-state index contributed by atoms with van der Waals surface area (Å²) in [5.74, 6) is 0.497. The predicted octanol–water partition coefficient (Wildman–Crippen LogP) is 2.75. The van der Waals surface area contributed by atoms with Crippen molar-refractivity contribution in [1.29, 1.82) is 0 Å². The van der Waals surface area contributed by atoms with Crippen LogP contribution in [0.4, 0.5) is 0 Å². The fourth-order valence-corrected chi connectivity index (χ4v) is 1.13. The first-order valence-corrected chi connectivity index (χ1v) is 3.64. The zero-order chi connectivity index (χ0) is 6.85. The van der Waals surface area contributed by atoms with Crippen molar-refractivity contribution in [3.63, 3.8) is 0 Å². The zero-order valence-electron chi connectivity index (χ0n) is 5.76. The number of rotatable bonds is 0. The first-order valence-electron chi connectivity index (χ1n) is 3.21. The molecule has 2 atom stereocenters. The molecule has 0 bridgehead atoms. The molecule has 0 saturated carbocycles. The lowest BCUT2D eigenvalue weighted by molar-refractivity contribution is 0.737. The minimum atomic E-state index is 0.202. The van der Waals surface area contributed by atoms with Crippen LogP contribution in [0.5, 0.6) is 0 Å². The molecule has 0 saturated heterocycles. The van der Waals surface area contributed by atoms with Gasteiger partial charge in [-0.25, -0.2) is 0 Å². The van der Waals surface area contributed by atoms with Crippen LogP contribution < -0.4 is 0 Å². The average Bonchev–Trinajstić information content (AvgIpc) is 1.80. The highest BCUT2D eigenvalue weighted by molar-refractivity contribution is 6.22. The smallest absolute Gasteiger partial charge is 0.0579 e. The van der Waals surface area contributed by atoms with Crippen LogP contribution in [-0.2, 0) is 0 Å². The molecule has 1 unspecified atom stereocenters. The summed E-state index contributed by atoms with van der Waals surface area (Å²) < 4.78 is 0. The summed E-state index contributed by atoms with van der Waals surface area (Å²) >= 11 is 5.90. The van der Waals surface area contributed by atoms with Crippen LogP contribution in [0.2, 0.25) is 0 Å². The molecule has 0 aliphatic heterocycles. The zero-order valence-corrected chi connectivity index (χ0v) is 6.52. The lowest BCUT2D eigenvalue weighted by Gasteiger charge is -2.14. The molecule has 50 valence electrons. The Balaban J connectivity index is 2.70. The monoisotopic (exact) mass is 142 g/mol. The highest BCUT2D eigenvalue weighted by Gasteiger charge is 2.11. The van der Waals surface area contributed by atoms with Crippen molar-refractivity contribution in [3.05, 3.63) is 23.8 Å². The summed E-state index contributed by atoms with van der Waals surface area (Å²) in [5.41, 5.74) is 1.32. The van der Waals surface area contributed by atoms with E-state index in [0.29, 0.717) is 5.92 Å². The highest BCUT2D eigenvalue weighted by Crippen LogP contribution is 2.20. The van der Waals surface area contributed by atoms with Gasteiger partial charge in [0.15, 0.2) is 0 Å². The number of hydrogen-bond acceptors (Lipinski definition) is 0. The van der Waals surface area contributed by atoms with Gasteiger partial charge in [-0.05, 0) is 12.8 Å². The third-order valence-electron chi connectivity index (χ3n) is 1.57. The van der Waals surface area contributed by atoms with Crippen molar-refractivity contribution in [1.82, 2.24) is 0 Å². The molecule has 0 spiro atoms. The van der Waals surface area contributed by atoms with Gasteiger partial charge in [0.25, 0.3) is 0 Å². The van der Waals surface area contributed by atoms with Gasteiger partial charge in [-0.15, -0.1) is 11.6 Å².